The summed E-state index contributed by atoms with van der Waals surface area (Å²) in [5, 5.41) is 8.17. The van der Waals surface area contributed by atoms with Crippen LogP contribution in [0.3, 0.4) is 0 Å². The third-order valence-corrected chi connectivity index (χ3v) is 6.14. The minimum atomic E-state index is -0.0122. The monoisotopic (exact) mass is 330 g/mol. The van der Waals surface area contributed by atoms with Crippen molar-refractivity contribution in [2.24, 2.45) is 5.41 Å². The Hall–Kier alpha value is -3.12. The summed E-state index contributed by atoms with van der Waals surface area (Å²) in [6, 6.07) is 17.7. The molecule has 0 fully saturated rings. The first kappa shape index (κ1) is 14.1. The summed E-state index contributed by atoms with van der Waals surface area (Å²) in [4.78, 5) is 0. The largest absolute Gasteiger partial charge is 0.0830 e. The van der Waals surface area contributed by atoms with Crippen molar-refractivity contribution in [1.82, 2.24) is 0 Å². The number of rotatable bonds is 0. The third-order valence-electron chi connectivity index (χ3n) is 6.14. The molecule has 3 aliphatic carbocycles. The normalized spacial score (nSPS) is 22.6. The van der Waals surface area contributed by atoms with E-state index in [1.54, 1.807) is 0 Å². The molecule has 0 saturated carbocycles. The summed E-state index contributed by atoms with van der Waals surface area (Å²) in [5.74, 6) is 0. The van der Waals surface area contributed by atoms with Crippen LogP contribution >= 0.6 is 0 Å². The summed E-state index contributed by atoms with van der Waals surface area (Å²) in [6.45, 7) is 0. The molecule has 1 unspecified atom stereocenters. The second kappa shape index (κ2) is 4.95. The molecule has 1 atom stereocenters. The summed E-state index contributed by atoms with van der Waals surface area (Å²) in [5.41, 5.74) is 2.83. The summed E-state index contributed by atoms with van der Waals surface area (Å²) in [6.07, 6.45) is 19.4. The van der Waals surface area contributed by atoms with Crippen LogP contribution in [-0.2, 0) is 0 Å². The van der Waals surface area contributed by atoms with Gasteiger partial charge in [0.25, 0.3) is 0 Å². The maximum Gasteiger partial charge on any atom is 0.0426 e. The van der Waals surface area contributed by atoms with Crippen LogP contribution in [0.15, 0.2) is 96.6 Å². The van der Waals surface area contributed by atoms with Gasteiger partial charge < -0.3 is 0 Å². The highest BCUT2D eigenvalue weighted by molar-refractivity contribution is 6.10. The molecule has 0 radical (unpaired) electrons. The summed E-state index contributed by atoms with van der Waals surface area (Å²) >= 11 is 0. The molecule has 0 aromatic heterocycles. The molecule has 0 bridgehead atoms. The highest BCUT2D eigenvalue weighted by Gasteiger charge is 2.37. The molecule has 3 aliphatic rings. The lowest BCUT2D eigenvalue weighted by Gasteiger charge is -2.38. The van der Waals surface area contributed by atoms with E-state index < -0.39 is 0 Å². The lowest BCUT2D eigenvalue weighted by atomic mass is 9.64. The van der Waals surface area contributed by atoms with E-state index >= 15 is 0 Å². The third kappa shape index (κ3) is 1.64. The maximum absolute atomic E-state index is 2.43. The Labute approximate surface area is 152 Å². The number of hydrogen-bond acceptors (Lipinski definition) is 0. The molecule has 0 aliphatic heterocycles. The standard InChI is InChI=1S/C26H18/c1-2-12-21-19(10-1)20-11-3-4-13-22(20)25-23(21)17-18-9-5-7-15-26(18)16-8-6-14-24(25)26/h1-14,16-17H,15H2. The van der Waals surface area contributed by atoms with Crippen molar-refractivity contribution in [2.75, 3.05) is 0 Å². The van der Waals surface area contributed by atoms with Crippen LogP contribution in [0.4, 0.5) is 0 Å². The van der Waals surface area contributed by atoms with E-state index in [1.165, 1.54) is 43.1 Å². The molecule has 6 rings (SSSR count). The quantitative estimate of drug-likeness (QED) is 0.512. The maximum atomic E-state index is 2.43. The Balaban J connectivity index is 1.99. The minimum absolute atomic E-state index is 0.0122. The van der Waals surface area contributed by atoms with Gasteiger partial charge in [0.1, 0.15) is 0 Å². The van der Waals surface area contributed by atoms with Gasteiger partial charge in [-0.15, -0.1) is 0 Å². The van der Waals surface area contributed by atoms with Crippen LogP contribution in [0, 0.1) is 5.41 Å². The first-order valence-corrected chi connectivity index (χ1v) is 9.28. The molecule has 0 amide bonds. The van der Waals surface area contributed by atoms with E-state index in [9.17, 15) is 0 Å². The zero-order valence-electron chi connectivity index (χ0n) is 14.4. The van der Waals surface area contributed by atoms with Gasteiger partial charge in [0.05, 0.1) is 0 Å². The van der Waals surface area contributed by atoms with Crippen LogP contribution in [0.5, 0.6) is 0 Å². The van der Waals surface area contributed by atoms with Gasteiger partial charge in [0, 0.05) is 5.41 Å². The van der Waals surface area contributed by atoms with E-state index in [4.69, 9.17) is 0 Å². The lowest BCUT2D eigenvalue weighted by molar-refractivity contribution is 0.627. The van der Waals surface area contributed by atoms with E-state index in [0.717, 1.165) is 6.42 Å². The Morgan fingerprint density at radius 2 is 1.46 bits per heavy atom. The molecule has 0 saturated heterocycles. The van der Waals surface area contributed by atoms with Crippen molar-refractivity contribution in [3.8, 4) is 0 Å². The van der Waals surface area contributed by atoms with Gasteiger partial charge in [-0.2, -0.15) is 0 Å². The highest BCUT2D eigenvalue weighted by atomic mass is 14.4. The zero-order chi connectivity index (χ0) is 17.1. The Kier molecular flexibility index (Phi) is 2.69. The SMILES string of the molecule is C1=CCC23C=CC=CC2=c2c(c4ccccc4c4ccccc24)=CC3=C1. The lowest BCUT2D eigenvalue weighted by Crippen LogP contribution is -2.40. The molecule has 3 aromatic rings. The van der Waals surface area contributed by atoms with Crippen LogP contribution in [0.2, 0.25) is 0 Å². The van der Waals surface area contributed by atoms with E-state index in [0.29, 0.717) is 0 Å². The van der Waals surface area contributed by atoms with Crippen molar-refractivity contribution >= 4 is 33.2 Å². The molecule has 26 heavy (non-hydrogen) atoms. The molecule has 122 valence electrons. The van der Waals surface area contributed by atoms with Gasteiger partial charge in [-0.3, -0.25) is 0 Å². The first-order valence-electron chi connectivity index (χ1n) is 9.28. The second-order valence-corrected chi connectivity index (χ2v) is 7.38. The number of allylic oxidation sites excluding steroid dienone is 8. The average molecular weight is 330 g/mol. The van der Waals surface area contributed by atoms with Crippen molar-refractivity contribution < 1.29 is 0 Å². The van der Waals surface area contributed by atoms with E-state index in [1.807, 2.05) is 0 Å². The van der Waals surface area contributed by atoms with Crippen molar-refractivity contribution in [3.63, 3.8) is 0 Å². The first-order chi connectivity index (χ1) is 12.9. The molecule has 0 N–H and O–H groups in total. The fraction of sp³-hybridized carbons (Fsp3) is 0.0769. The van der Waals surface area contributed by atoms with Gasteiger partial charge in [-0.1, -0.05) is 91.1 Å². The number of hydrogen-bond donors (Lipinski definition) is 0. The molecule has 3 aromatic carbocycles. The molecular formula is C26H18. The topological polar surface area (TPSA) is 0 Å². The number of fused-ring (bicyclic) bond motifs is 6. The fourth-order valence-electron chi connectivity index (χ4n) is 4.98. The highest BCUT2D eigenvalue weighted by Crippen LogP contribution is 2.47. The smallest absolute Gasteiger partial charge is 0.0426 e. The van der Waals surface area contributed by atoms with Crippen LogP contribution < -0.4 is 10.4 Å². The fourth-order valence-corrected chi connectivity index (χ4v) is 4.98. The van der Waals surface area contributed by atoms with Crippen LogP contribution in [0.25, 0.3) is 33.2 Å². The van der Waals surface area contributed by atoms with Gasteiger partial charge in [0.15, 0.2) is 0 Å². The van der Waals surface area contributed by atoms with Gasteiger partial charge in [-0.25, -0.2) is 0 Å². The molecule has 1 spiro atoms. The Morgan fingerprint density at radius 1 is 0.731 bits per heavy atom. The van der Waals surface area contributed by atoms with Crippen molar-refractivity contribution in [3.05, 3.63) is 107 Å². The van der Waals surface area contributed by atoms with Gasteiger partial charge in [0.2, 0.25) is 0 Å². The number of benzene rings is 3. The van der Waals surface area contributed by atoms with Crippen molar-refractivity contribution in [1.29, 1.82) is 0 Å². The second-order valence-electron chi connectivity index (χ2n) is 7.38. The molecular weight excluding hydrogens is 312 g/mol. The van der Waals surface area contributed by atoms with Crippen LogP contribution in [0.1, 0.15) is 6.42 Å². The van der Waals surface area contributed by atoms with Gasteiger partial charge >= 0.3 is 0 Å². The predicted octanol–water partition coefficient (Wildman–Crippen LogP) is 4.94. The Morgan fingerprint density at radius 3 is 2.31 bits per heavy atom. The van der Waals surface area contributed by atoms with E-state index in [-0.39, 0.29) is 5.41 Å². The van der Waals surface area contributed by atoms with Gasteiger partial charge in [-0.05, 0) is 55.6 Å². The minimum Gasteiger partial charge on any atom is -0.0830 e. The molecule has 0 heterocycles. The summed E-state index contributed by atoms with van der Waals surface area (Å²) < 4.78 is 0. The predicted molar refractivity (Wildman–Crippen MR) is 111 cm³/mol. The Bertz CT molecular complexity index is 1340. The molecule has 0 heteroatoms. The molecule has 0 nitrogen and oxygen atoms in total. The van der Waals surface area contributed by atoms with Crippen LogP contribution in [-0.4, -0.2) is 0 Å². The average Bonchev–Trinajstić information content (AvgIpc) is 2.72. The zero-order valence-corrected chi connectivity index (χ0v) is 14.4. The van der Waals surface area contributed by atoms with E-state index in [2.05, 4.69) is 97.1 Å². The van der Waals surface area contributed by atoms with Crippen molar-refractivity contribution in [2.45, 2.75) is 6.42 Å². The summed E-state index contributed by atoms with van der Waals surface area (Å²) in [7, 11) is 0.